The minimum absolute atomic E-state index is 0.106. The number of hydrogen-bond donors (Lipinski definition) is 3. The summed E-state index contributed by atoms with van der Waals surface area (Å²) in [5.41, 5.74) is 3.12. The highest BCUT2D eigenvalue weighted by Gasteiger charge is 2.23. The fourth-order valence-corrected chi connectivity index (χ4v) is 4.03. The lowest BCUT2D eigenvalue weighted by Crippen LogP contribution is -2.51. The van der Waals surface area contributed by atoms with Crippen LogP contribution in [0.25, 0.3) is 0 Å². The van der Waals surface area contributed by atoms with Crippen LogP contribution in [0.1, 0.15) is 18.4 Å². The van der Waals surface area contributed by atoms with E-state index in [0.717, 1.165) is 42.3 Å². The Hall–Kier alpha value is -1.89. The third kappa shape index (κ3) is 4.14. The molecule has 0 aromatic heterocycles. The molecule has 0 unspecified atom stereocenters. The minimum Gasteiger partial charge on any atom is -0.370 e. The Labute approximate surface area is 146 Å². The molecule has 3 N–H and O–H groups in total. The van der Waals surface area contributed by atoms with Gasteiger partial charge in [-0.2, -0.15) is 11.8 Å². The number of carbonyl (C=O) groups excluding carboxylic acids is 2. The Morgan fingerprint density at radius 1 is 1.33 bits per heavy atom. The molecular formula is C17H24N4O2S. The van der Waals surface area contributed by atoms with Crippen LogP contribution in [-0.2, 0) is 4.79 Å². The second-order valence-electron chi connectivity index (χ2n) is 6.18. The molecule has 0 spiro atoms. The monoisotopic (exact) mass is 348 g/mol. The topological polar surface area (TPSA) is 73.5 Å². The number of carbonyl (C=O) groups is 2. The number of benzene rings is 1. The second kappa shape index (κ2) is 7.79. The van der Waals surface area contributed by atoms with Crippen LogP contribution < -0.4 is 20.9 Å². The molecule has 3 rings (SSSR count). The first kappa shape index (κ1) is 17.0. The molecule has 0 saturated carbocycles. The summed E-state index contributed by atoms with van der Waals surface area (Å²) in [5.74, 6) is 2.21. The lowest BCUT2D eigenvalue weighted by Gasteiger charge is -2.30. The van der Waals surface area contributed by atoms with E-state index in [9.17, 15) is 9.59 Å². The van der Waals surface area contributed by atoms with E-state index < -0.39 is 6.04 Å². The van der Waals surface area contributed by atoms with E-state index in [1.165, 1.54) is 5.69 Å². The first-order valence-corrected chi connectivity index (χ1v) is 9.57. The van der Waals surface area contributed by atoms with E-state index in [1.807, 2.05) is 23.9 Å². The normalized spacial score (nSPS) is 21.1. The molecule has 1 aromatic carbocycles. The number of amides is 3. The van der Waals surface area contributed by atoms with Gasteiger partial charge < -0.3 is 20.9 Å². The van der Waals surface area contributed by atoms with Gasteiger partial charge in [-0.25, -0.2) is 4.79 Å². The number of piperidine rings is 1. The molecule has 6 nitrogen and oxygen atoms in total. The van der Waals surface area contributed by atoms with Gasteiger partial charge in [0.1, 0.15) is 6.04 Å². The average molecular weight is 348 g/mol. The van der Waals surface area contributed by atoms with Gasteiger partial charge in [-0.3, -0.25) is 4.79 Å². The maximum Gasteiger partial charge on any atom is 0.319 e. The highest BCUT2D eigenvalue weighted by Crippen LogP contribution is 2.26. The summed E-state index contributed by atoms with van der Waals surface area (Å²) in [6.45, 7) is 4.88. The van der Waals surface area contributed by atoms with Gasteiger partial charge >= 0.3 is 6.03 Å². The van der Waals surface area contributed by atoms with Crippen LogP contribution in [0.15, 0.2) is 18.2 Å². The summed E-state index contributed by atoms with van der Waals surface area (Å²) in [5, 5.41) is 8.33. The molecule has 2 fully saturated rings. The van der Waals surface area contributed by atoms with E-state index in [-0.39, 0.29) is 11.9 Å². The van der Waals surface area contributed by atoms with Crippen molar-refractivity contribution in [1.82, 2.24) is 10.6 Å². The molecule has 2 aliphatic rings. The van der Waals surface area contributed by atoms with Crippen molar-refractivity contribution in [3.63, 3.8) is 0 Å². The zero-order valence-electron chi connectivity index (χ0n) is 13.9. The number of nitrogens with one attached hydrogen (secondary N) is 3. The maximum atomic E-state index is 12.1. The van der Waals surface area contributed by atoms with Crippen molar-refractivity contribution >= 4 is 35.1 Å². The predicted molar refractivity (Wildman–Crippen MR) is 98.9 cm³/mol. The summed E-state index contributed by atoms with van der Waals surface area (Å²) < 4.78 is 0. The fraction of sp³-hybridized carbons (Fsp3) is 0.529. The number of rotatable bonds is 3. The molecule has 1 aromatic rings. The van der Waals surface area contributed by atoms with Gasteiger partial charge in [0, 0.05) is 42.5 Å². The lowest BCUT2D eigenvalue weighted by atomic mass is 10.1. The van der Waals surface area contributed by atoms with Gasteiger partial charge in [0.2, 0.25) is 5.91 Å². The van der Waals surface area contributed by atoms with Crippen LogP contribution in [-0.4, -0.2) is 49.1 Å². The molecule has 130 valence electrons. The Balaban J connectivity index is 1.59. The largest absolute Gasteiger partial charge is 0.370 e. The first-order valence-electron chi connectivity index (χ1n) is 8.42. The summed E-state index contributed by atoms with van der Waals surface area (Å²) in [6, 6.07) is 5.19. The molecule has 24 heavy (non-hydrogen) atoms. The van der Waals surface area contributed by atoms with Crippen molar-refractivity contribution in [2.45, 2.75) is 25.8 Å². The van der Waals surface area contributed by atoms with Gasteiger partial charge in [-0.1, -0.05) is 0 Å². The lowest BCUT2D eigenvalue weighted by molar-refractivity contribution is -0.124. The van der Waals surface area contributed by atoms with E-state index >= 15 is 0 Å². The SMILES string of the molecule is Cc1cc(NC(=O)N[C@H]2CCCNC2=O)ccc1N1CCSCC1. The maximum absolute atomic E-state index is 12.1. The Morgan fingerprint density at radius 3 is 2.83 bits per heavy atom. The molecule has 2 saturated heterocycles. The van der Waals surface area contributed by atoms with Gasteiger partial charge in [0.05, 0.1) is 0 Å². The highest BCUT2D eigenvalue weighted by atomic mass is 32.2. The first-order chi connectivity index (χ1) is 11.6. The number of nitrogens with zero attached hydrogens (tertiary/aromatic N) is 1. The summed E-state index contributed by atoms with van der Waals surface area (Å²) >= 11 is 1.99. The molecule has 1 atom stereocenters. The summed E-state index contributed by atoms with van der Waals surface area (Å²) in [7, 11) is 0. The van der Waals surface area contributed by atoms with Crippen LogP contribution in [0.4, 0.5) is 16.2 Å². The molecule has 0 aliphatic carbocycles. The molecule has 0 radical (unpaired) electrons. The number of urea groups is 1. The Kier molecular flexibility index (Phi) is 5.50. The predicted octanol–water partition coefficient (Wildman–Crippen LogP) is 1.95. The van der Waals surface area contributed by atoms with Gasteiger partial charge in [-0.15, -0.1) is 0 Å². The third-order valence-corrected chi connectivity index (χ3v) is 5.34. The van der Waals surface area contributed by atoms with E-state index in [1.54, 1.807) is 0 Å². The Morgan fingerprint density at radius 2 is 2.12 bits per heavy atom. The van der Waals surface area contributed by atoms with Gasteiger partial charge in [0.25, 0.3) is 0 Å². The quantitative estimate of drug-likeness (QED) is 0.781. The van der Waals surface area contributed by atoms with Crippen LogP contribution in [0.2, 0.25) is 0 Å². The number of thioether (sulfide) groups is 1. The number of hydrogen-bond acceptors (Lipinski definition) is 4. The van der Waals surface area contributed by atoms with Crippen molar-refractivity contribution in [2.24, 2.45) is 0 Å². The van der Waals surface area contributed by atoms with E-state index in [2.05, 4.69) is 33.8 Å². The van der Waals surface area contributed by atoms with Crippen LogP contribution in [0, 0.1) is 6.92 Å². The van der Waals surface area contributed by atoms with Crippen molar-refractivity contribution < 1.29 is 9.59 Å². The zero-order valence-corrected chi connectivity index (χ0v) is 14.7. The fourth-order valence-electron chi connectivity index (χ4n) is 3.13. The molecule has 3 amide bonds. The third-order valence-electron chi connectivity index (χ3n) is 4.40. The standard InChI is InChI=1S/C17H24N4O2S/c1-12-11-13(4-5-15(12)21-7-9-24-10-8-21)19-17(23)20-14-3-2-6-18-16(14)22/h4-5,11,14H,2-3,6-10H2,1H3,(H,18,22)(H2,19,20,23)/t14-/m0/s1. The summed E-state index contributed by atoms with van der Waals surface area (Å²) in [4.78, 5) is 26.2. The molecule has 7 heteroatoms. The van der Waals surface area contributed by atoms with E-state index in [4.69, 9.17) is 0 Å². The minimum atomic E-state index is -0.440. The number of aryl methyl sites for hydroxylation is 1. The molecule has 2 heterocycles. The summed E-state index contributed by atoms with van der Waals surface area (Å²) in [6.07, 6.45) is 1.57. The van der Waals surface area contributed by atoms with Crippen LogP contribution in [0.3, 0.4) is 0 Å². The highest BCUT2D eigenvalue weighted by molar-refractivity contribution is 7.99. The second-order valence-corrected chi connectivity index (χ2v) is 7.41. The van der Waals surface area contributed by atoms with Gasteiger partial charge in [0.15, 0.2) is 0 Å². The molecule has 0 bridgehead atoms. The van der Waals surface area contributed by atoms with Crippen LogP contribution in [0.5, 0.6) is 0 Å². The Bertz CT molecular complexity index is 617. The average Bonchev–Trinajstić information content (AvgIpc) is 2.58. The van der Waals surface area contributed by atoms with E-state index in [0.29, 0.717) is 13.0 Å². The van der Waals surface area contributed by atoms with Crippen molar-refractivity contribution in [3.8, 4) is 0 Å². The molecular weight excluding hydrogens is 324 g/mol. The van der Waals surface area contributed by atoms with Gasteiger partial charge in [-0.05, 0) is 43.5 Å². The smallest absolute Gasteiger partial charge is 0.319 e. The zero-order chi connectivity index (χ0) is 16.9. The van der Waals surface area contributed by atoms with Crippen molar-refractivity contribution in [1.29, 1.82) is 0 Å². The van der Waals surface area contributed by atoms with Crippen molar-refractivity contribution in [3.05, 3.63) is 23.8 Å². The number of anilines is 2. The van der Waals surface area contributed by atoms with Crippen LogP contribution >= 0.6 is 11.8 Å². The van der Waals surface area contributed by atoms with Crippen molar-refractivity contribution in [2.75, 3.05) is 41.4 Å². The molecule has 2 aliphatic heterocycles.